The Kier molecular flexibility index (Phi) is 6.76. The maximum atomic E-state index is 7.20. The molecule has 4 rings (SSSR count). The van der Waals surface area contributed by atoms with E-state index in [4.69, 9.17) is 21.4 Å². The van der Waals surface area contributed by atoms with E-state index in [0.717, 1.165) is 0 Å². The molecule has 2 atom stereocenters. The molecule has 5 heteroatoms. The first kappa shape index (κ1) is 23.4. The summed E-state index contributed by atoms with van der Waals surface area (Å²) in [5.41, 5.74) is 1.17. The average Bonchev–Trinajstić information content (AvgIpc) is 3.10. The molecule has 0 aliphatic carbocycles. The monoisotopic (exact) mass is 526 g/mol. The molecule has 166 valence electrons. The normalized spacial score (nSPS) is 21.4. The van der Waals surface area contributed by atoms with Crippen molar-refractivity contribution in [2.24, 2.45) is 5.92 Å². The van der Waals surface area contributed by atoms with Gasteiger partial charge in [-0.3, -0.25) is 0 Å². The molecule has 0 aromatic heterocycles. The molecular formula is C27H30O2SSeSi. The molecule has 2 nitrogen and oxygen atoms in total. The summed E-state index contributed by atoms with van der Waals surface area (Å²) in [6, 6.07) is 32.0. The second-order valence-corrected chi connectivity index (χ2v) is 15.6. The van der Waals surface area contributed by atoms with Crippen LogP contribution in [0.2, 0.25) is 5.04 Å². The molecular weight excluding hydrogens is 495 g/mol. The van der Waals surface area contributed by atoms with Crippen molar-refractivity contribution >= 4 is 52.0 Å². The number of hydrogen-bond acceptors (Lipinski definition) is 3. The van der Waals surface area contributed by atoms with Crippen LogP contribution in [0.25, 0.3) is 0 Å². The van der Waals surface area contributed by atoms with Crippen LogP contribution in [0.15, 0.2) is 91.0 Å². The molecule has 0 amide bonds. The third kappa shape index (κ3) is 4.02. The van der Waals surface area contributed by atoms with Gasteiger partial charge in [0, 0.05) is 0 Å². The quantitative estimate of drug-likeness (QED) is 0.353. The van der Waals surface area contributed by atoms with Crippen LogP contribution in [-0.2, 0) is 13.5 Å². The Morgan fingerprint density at radius 3 is 1.84 bits per heavy atom. The first-order valence-electron chi connectivity index (χ1n) is 11.0. The van der Waals surface area contributed by atoms with Gasteiger partial charge < -0.3 is 0 Å². The Hall–Kier alpha value is -1.75. The minimum absolute atomic E-state index is 0.0618. The number of hydrogen-bond donors (Lipinski definition) is 0. The van der Waals surface area contributed by atoms with Gasteiger partial charge in [0.15, 0.2) is 0 Å². The molecule has 1 heterocycles. The molecule has 1 fully saturated rings. The number of thiocarbonyl (C=S) groups is 1. The predicted molar refractivity (Wildman–Crippen MR) is 141 cm³/mol. The van der Waals surface area contributed by atoms with E-state index in [1.807, 2.05) is 6.07 Å². The van der Waals surface area contributed by atoms with E-state index < -0.39 is 12.6 Å². The van der Waals surface area contributed by atoms with Crippen molar-refractivity contribution in [2.45, 2.75) is 30.1 Å². The topological polar surface area (TPSA) is 18.5 Å². The van der Waals surface area contributed by atoms with Crippen molar-refractivity contribution in [2.75, 3.05) is 13.2 Å². The van der Waals surface area contributed by atoms with Crippen LogP contribution in [0.4, 0.5) is 0 Å². The fourth-order valence-electron chi connectivity index (χ4n) is 4.78. The Balaban J connectivity index is 1.77. The van der Waals surface area contributed by atoms with Gasteiger partial charge in [-0.1, -0.05) is 0 Å². The molecule has 0 bridgehead atoms. The van der Waals surface area contributed by atoms with E-state index in [0.29, 0.717) is 18.3 Å². The van der Waals surface area contributed by atoms with Gasteiger partial charge in [0.1, 0.15) is 0 Å². The Morgan fingerprint density at radius 2 is 1.38 bits per heavy atom. The van der Waals surface area contributed by atoms with E-state index in [2.05, 4.69) is 122 Å². The van der Waals surface area contributed by atoms with Crippen molar-refractivity contribution in [3.05, 3.63) is 96.6 Å². The van der Waals surface area contributed by atoms with Crippen molar-refractivity contribution in [1.82, 2.24) is 0 Å². The van der Waals surface area contributed by atoms with Gasteiger partial charge >= 0.3 is 207 Å². The van der Waals surface area contributed by atoms with Crippen molar-refractivity contribution in [1.29, 1.82) is 0 Å². The van der Waals surface area contributed by atoms with E-state index in [-0.39, 0.29) is 11.0 Å². The molecule has 0 saturated carbocycles. The summed E-state index contributed by atoms with van der Waals surface area (Å²) < 4.78 is 12.7. The van der Waals surface area contributed by atoms with Gasteiger partial charge in [-0.15, -0.1) is 0 Å². The van der Waals surface area contributed by atoms with E-state index >= 15 is 0 Å². The maximum absolute atomic E-state index is 7.20. The van der Waals surface area contributed by atoms with Crippen LogP contribution in [0.1, 0.15) is 26.3 Å². The molecule has 1 unspecified atom stereocenters. The van der Waals surface area contributed by atoms with Crippen LogP contribution in [0.5, 0.6) is 0 Å². The van der Waals surface area contributed by atoms with Crippen LogP contribution < -0.4 is 10.4 Å². The van der Waals surface area contributed by atoms with E-state index in [9.17, 15) is 0 Å². The van der Waals surface area contributed by atoms with E-state index in [1.165, 1.54) is 15.9 Å². The first-order chi connectivity index (χ1) is 15.3. The number of ether oxygens (including phenoxy) is 1. The predicted octanol–water partition coefficient (Wildman–Crippen LogP) is 4.33. The Labute approximate surface area is 206 Å². The van der Waals surface area contributed by atoms with Crippen LogP contribution in [-0.4, -0.2) is 42.6 Å². The second-order valence-electron chi connectivity index (χ2n) is 9.40. The average molecular weight is 526 g/mol. The van der Waals surface area contributed by atoms with Crippen LogP contribution in [0, 0.1) is 5.92 Å². The Morgan fingerprint density at radius 1 is 0.906 bits per heavy atom. The van der Waals surface area contributed by atoms with Crippen molar-refractivity contribution in [3.63, 3.8) is 0 Å². The molecule has 0 spiro atoms. The Bertz CT molecular complexity index is 1010. The summed E-state index contributed by atoms with van der Waals surface area (Å²) in [7, 11) is -2.61. The summed E-state index contributed by atoms with van der Waals surface area (Å²) in [5, 5.41) is 3.15. The van der Waals surface area contributed by atoms with Gasteiger partial charge in [0.2, 0.25) is 0 Å². The molecule has 0 N–H and O–H groups in total. The third-order valence-electron chi connectivity index (χ3n) is 6.45. The standard InChI is InChI=1S/C27H30O2SSeSi/c1-26(2,3)32(23-15-9-5-10-16-23,24-17-11-6-12-18-24)29-20-22-19-28-25(30)27(22,31)21-13-7-4-8-14-21/h4-18,22,31H,19-20H2,1-3H3/t22?,27-/m1/s1. The summed E-state index contributed by atoms with van der Waals surface area (Å²) in [6.45, 7) is 8.07. The second kappa shape index (κ2) is 9.24. The van der Waals surface area contributed by atoms with E-state index in [1.54, 1.807) is 0 Å². The summed E-state index contributed by atoms with van der Waals surface area (Å²) in [4.78, 5) is 0. The number of benzene rings is 3. The van der Waals surface area contributed by atoms with Gasteiger partial charge in [-0.05, 0) is 0 Å². The van der Waals surface area contributed by atoms with Crippen molar-refractivity contribution < 1.29 is 9.16 Å². The van der Waals surface area contributed by atoms with Gasteiger partial charge in [0.05, 0.1) is 0 Å². The molecule has 1 aliphatic heterocycles. The third-order valence-corrected chi connectivity index (χ3v) is 14.0. The van der Waals surface area contributed by atoms with Gasteiger partial charge in [-0.25, -0.2) is 0 Å². The van der Waals surface area contributed by atoms with Gasteiger partial charge in [-0.2, -0.15) is 0 Å². The van der Waals surface area contributed by atoms with Crippen LogP contribution in [0.3, 0.4) is 0 Å². The molecule has 32 heavy (non-hydrogen) atoms. The minimum atomic E-state index is -2.61. The molecule has 3 aromatic carbocycles. The van der Waals surface area contributed by atoms with Crippen molar-refractivity contribution in [3.8, 4) is 0 Å². The fourth-order valence-corrected chi connectivity index (χ4v) is 10.5. The molecule has 0 radical (unpaired) electrons. The summed E-state index contributed by atoms with van der Waals surface area (Å²) in [5.74, 6) is 0.124. The first-order valence-corrected chi connectivity index (χ1v) is 14.3. The van der Waals surface area contributed by atoms with Gasteiger partial charge in [0.25, 0.3) is 0 Å². The summed E-state index contributed by atoms with van der Waals surface area (Å²) >= 11 is 8.50. The molecule has 1 aliphatic rings. The zero-order valence-electron chi connectivity index (χ0n) is 18.8. The molecule has 1 saturated heterocycles. The SMILES string of the molecule is CC(C)(C)[Si](OCC1COC(=S)[C@@]1([SeH])c1ccccc1)(c1ccccc1)c1ccccc1. The zero-order chi connectivity index (χ0) is 22.8. The number of rotatable bonds is 6. The molecule has 3 aromatic rings. The fraction of sp³-hybridized carbons (Fsp3) is 0.296. The summed E-state index contributed by atoms with van der Waals surface area (Å²) in [6.07, 6.45) is 0. The zero-order valence-corrected chi connectivity index (χ0v) is 22.5. The van der Waals surface area contributed by atoms with Crippen LogP contribution >= 0.6 is 12.2 Å².